The highest BCUT2D eigenvalue weighted by atomic mass is 31.3. The zero-order valence-corrected chi connectivity index (χ0v) is 17.5. The van der Waals surface area contributed by atoms with Gasteiger partial charge in [-0.25, -0.2) is 13.7 Å². The standard InChI is InChI=1S/C13H22N4O12P2/c14-6(12(20)21)2-4-30(23,24)29-31(25,26)27-5-7-9(18)10(19)11(28-7)17-3-1-8(15)16-13(17)22/h1,3,6-7,9-11,18-19H,2,4-5,14H2,(H,20,21)(H,23,24)(H,25,26)(H2,15,16,22)/t6?,7-,9-,10-,11-/m1/s1. The van der Waals surface area contributed by atoms with Gasteiger partial charge in [-0.15, -0.1) is 0 Å². The number of aliphatic hydroxyl groups is 2. The molecule has 7 atom stereocenters. The van der Waals surface area contributed by atoms with E-state index < -0.39 is 76.8 Å². The van der Waals surface area contributed by atoms with Crippen LogP contribution in [0.25, 0.3) is 0 Å². The molecule has 176 valence electrons. The fourth-order valence-corrected chi connectivity index (χ4v) is 5.28. The van der Waals surface area contributed by atoms with Gasteiger partial charge in [0.1, 0.15) is 30.2 Å². The average Bonchev–Trinajstić information content (AvgIpc) is 2.92. The van der Waals surface area contributed by atoms with Crippen molar-refractivity contribution in [3.8, 4) is 0 Å². The molecule has 0 amide bonds. The number of phosphoric ester groups is 1. The maximum absolute atomic E-state index is 11.9. The predicted octanol–water partition coefficient (Wildman–Crippen LogP) is -2.43. The lowest BCUT2D eigenvalue weighted by molar-refractivity contribution is -0.138. The molecule has 0 radical (unpaired) electrons. The van der Waals surface area contributed by atoms with Crippen LogP contribution in [-0.4, -0.2) is 77.7 Å². The number of phosphoric acid groups is 1. The molecule has 2 heterocycles. The second-order valence-corrected chi connectivity index (χ2v) is 10.1. The van der Waals surface area contributed by atoms with Gasteiger partial charge in [-0.2, -0.15) is 4.98 Å². The molecule has 1 aromatic rings. The number of nitrogens with two attached hydrogens (primary N) is 2. The zero-order valence-electron chi connectivity index (χ0n) is 15.7. The Kier molecular flexibility index (Phi) is 8.10. The van der Waals surface area contributed by atoms with Crippen molar-refractivity contribution < 1.29 is 52.6 Å². The average molecular weight is 488 g/mol. The summed E-state index contributed by atoms with van der Waals surface area (Å²) in [5, 5.41) is 28.8. The molecule has 16 nitrogen and oxygen atoms in total. The first-order chi connectivity index (χ1) is 14.2. The minimum Gasteiger partial charge on any atom is -0.480 e. The highest BCUT2D eigenvalue weighted by molar-refractivity contribution is 7.64. The van der Waals surface area contributed by atoms with E-state index in [0.717, 1.165) is 10.8 Å². The molecule has 1 aliphatic rings. The third-order valence-electron chi connectivity index (χ3n) is 4.14. The molecule has 9 N–H and O–H groups in total. The van der Waals surface area contributed by atoms with E-state index in [0.29, 0.717) is 0 Å². The van der Waals surface area contributed by atoms with Gasteiger partial charge in [0.2, 0.25) is 0 Å². The SMILES string of the molecule is Nc1ccn([C@@H]2O[C@H](COP(=O)(O)OP(=O)(O)CCC(N)C(=O)O)[C@@H](O)[C@H]2O)c(=O)n1. The lowest BCUT2D eigenvalue weighted by Crippen LogP contribution is -2.36. The second kappa shape index (κ2) is 9.83. The number of hydrogen-bond donors (Lipinski definition) is 7. The third-order valence-corrected chi connectivity index (χ3v) is 7.28. The summed E-state index contributed by atoms with van der Waals surface area (Å²) in [5.41, 5.74) is 9.65. The Morgan fingerprint density at radius 1 is 1.32 bits per heavy atom. The Bertz CT molecular complexity index is 957. The molecule has 1 aromatic heterocycles. The van der Waals surface area contributed by atoms with E-state index in [-0.39, 0.29) is 5.82 Å². The highest BCUT2D eigenvalue weighted by Crippen LogP contribution is 2.60. The molecule has 18 heteroatoms. The lowest BCUT2D eigenvalue weighted by atomic mass is 10.1. The van der Waals surface area contributed by atoms with Crippen molar-refractivity contribution in [1.29, 1.82) is 0 Å². The minimum atomic E-state index is -5.18. The molecule has 1 fully saturated rings. The molecule has 0 aromatic carbocycles. The number of nitrogen functional groups attached to an aromatic ring is 1. The van der Waals surface area contributed by atoms with Crippen LogP contribution in [0.2, 0.25) is 0 Å². The Hall–Kier alpha value is -1.71. The van der Waals surface area contributed by atoms with Crippen molar-refractivity contribution in [2.45, 2.75) is 37.0 Å². The van der Waals surface area contributed by atoms with E-state index in [1.807, 2.05) is 0 Å². The second-order valence-electron chi connectivity index (χ2n) is 6.53. The number of hydrogen-bond acceptors (Lipinski definition) is 12. The van der Waals surface area contributed by atoms with Gasteiger partial charge >= 0.3 is 27.1 Å². The van der Waals surface area contributed by atoms with Gasteiger partial charge in [-0.3, -0.25) is 18.5 Å². The maximum atomic E-state index is 11.9. The van der Waals surface area contributed by atoms with Crippen LogP contribution in [0.1, 0.15) is 12.6 Å². The first-order valence-corrected chi connectivity index (χ1v) is 11.8. The van der Waals surface area contributed by atoms with Crippen molar-refractivity contribution in [2.75, 3.05) is 18.5 Å². The van der Waals surface area contributed by atoms with Gasteiger partial charge in [0.25, 0.3) is 0 Å². The van der Waals surface area contributed by atoms with Crippen LogP contribution >= 0.6 is 15.4 Å². The maximum Gasteiger partial charge on any atom is 0.479 e. The summed E-state index contributed by atoms with van der Waals surface area (Å²) in [6.45, 7) is -0.881. The monoisotopic (exact) mass is 488 g/mol. The smallest absolute Gasteiger partial charge is 0.479 e. The number of aliphatic carboxylic acids is 1. The van der Waals surface area contributed by atoms with Crippen LogP contribution in [0.15, 0.2) is 17.1 Å². The lowest BCUT2D eigenvalue weighted by Gasteiger charge is -2.19. The summed E-state index contributed by atoms with van der Waals surface area (Å²) in [4.78, 5) is 45.2. The van der Waals surface area contributed by atoms with Crippen molar-refractivity contribution in [1.82, 2.24) is 9.55 Å². The van der Waals surface area contributed by atoms with Crippen LogP contribution in [0.5, 0.6) is 0 Å². The molecular formula is C13H22N4O12P2. The number of ether oxygens (including phenoxy) is 1. The summed E-state index contributed by atoms with van der Waals surface area (Å²) in [6, 6.07) is -0.256. The van der Waals surface area contributed by atoms with Gasteiger partial charge in [0.15, 0.2) is 6.23 Å². The van der Waals surface area contributed by atoms with Crippen LogP contribution in [0.3, 0.4) is 0 Å². The van der Waals surface area contributed by atoms with E-state index in [1.165, 1.54) is 6.07 Å². The van der Waals surface area contributed by atoms with Crippen molar-refractivity contribution in [2.24, 2.45) is 5.73 Å². The Balaban J connectivity index is 1.98. The Labute approximate surface area is 174 Å². The largest absolute Gasteiger partial charge is 0.480 e. The van der Waals surface area contributed by atoms with Crippen molar-refractivity contribution in [3.63, 3.8) is 0 Å². The van der Waals surface area contributed by atoms with Gasteiger partial charge in [0.05, 0.1) is 12.8 Å². The highest BCUT2D eigenvalue weighted by Gasteiger charge is 2.45. The number of carboxylic acids is 1. The van der Waals surface area contributed by atoms with E-state index >= 15 is 0 Å². The Morgan fingerprint density at radius 2 is 1.97 bits per heavy atom. The molecule has 31 heavy (non-hydrogen) atoms. The predicted molar refractivity (Wildman–Crippen MR) is 101 cm³/mol. The minimum absolute atomic E-state index is 0.0923. The fraction of sp³-hybridized carbons (Fsp3) is 0.615. The molecular weight excluding hydrogens is 466 g/mol. The first-order valence-electron chi connectivity index (χ1n) is 8.57. The van der Waals surface area contributed by atoms with Gasteiger partial charge in [-0.1, -0.05) is 0 Å². The van der Waals surface area contributed by atoms with E-state index in [9.17, 15) is 38.7 Å². The first kappa shape index (κ1) is 25.5. The number of nitrogens with zero attached hydrogens (tertiary/aromatic N) is 2. The van der Waals surface area contributed by atoms with E-state index in [4.69, 9.17) is 21.3 Å². The summed E-state index contributed by atoms with van der Waals surface area (Å²) in [6.07, 6.45) is -6.41. The molecule has 3 unspecified atom stereocenters. The number of aromatic nitrogens is 2. The number of aliphatic hydroxyl groups excluding tert-OH is 2. The summed E-state index contributed by atoms with van der Waals surface area (Å²) in [5.74, 6) is -1.54. The molecule has 1 saturated heterocycles. The molecule has 0 saturated carbocycles. The van der Waals surface area contributed by atoms with Crippen molar-refractivity contribution >= 4 is 27.2 Å². The summed E-state index contributed by atoms with van der Waals surface area (Å²) in [7, 11) is -9.94. The fourth-order valence-electron chi connectivity index (χ4n) is 2.54. The normalized spacial score (nSPS) is 28.5. The van der Waals surface area contributed by atoms with Gasteiger partial charge in [-0.05, 0) is 12.5 Å². The topological polar surface area (TPSA) is 267 Å². The molecule has 1 aliphatic heterocycles. The third kappa shape index (κ3) is 6.89. The van der Waals surface area contributed by atoms with E-state index in [1.54, 1.807) is 0 Å². The summed E-state index contributed by atoms with van der Waals surface area (Å²) < 4.78 is 38.7. The molecule has 0 aliphatic carbocycles. The number of anilines is 1. The van der Waals surface area contributed by atoms with Crippen molar-refractivity contribution in [3.05, 3.63) is 22.7 Å². The van der Waals surface area contributed by atoms with E-state index in [2.05, 4.69) is 13.8 Å². The zero-order chi connectivity index (χ0) is 23.6. The number of carbonyl (C=O) groups is 1. The molecule has 2 rings (SSSR count). The van der Waals surface area contributed by atoms with Crippen LogP contribution < -0.4 is 17.2 Å². The Morgan fingerprint density at radius 3 is 2.55 bits per heavy atom. The molecule has 0 spiro atoms. The van der Waals surface area contributed by atoms with Crippen LogP contribution in [0, 0.1) is 0 Å². The summed E-state index contributed by atoms with van der Waals surface area (Å²) >= 11 is 0. The van der Waals surface area contributed by atoms with Crippen LogP contribution in [-0.2, 0) is 27.5 Å². The van der Waals surface area contributed by atoms with Crippen LogP contribution in [0.4, 0.5) is 5.82 Å². The number of carboxylic acid groups (broad SMARTS) is 1. The van der Waals surface area contributed by atoms with Gasteiger partial charge < -0.3 is 41.3 Å². The quantitative estimate of drug-likeness (QED) is 0.169. The van der Waals surface area contributed by atoms with Gasteiger partial charge in [0, 0.05) is 6.20 Å². The molecule has 0 bridgehead atoms. The number of rotatable bonds is 10.